The molecule has 0 aromatic heterocycles. The molecule has 118 valence electrons. The predicted octanol–water partition coefficient (Wildman–Crippen LogP) is 3.07. The van der Waals surface area contributed by atoms with Crippen molar-refractivity contribution in [2.75, 3.05) is 0 Å². The van der Waals surface area contributed by atoms with E-state index in [0.29, 0.717) is 16.9 Å². The third kappa shape index (κ3) is 4.28. The van der Waals surface area contributed by atoms with Gasteiger partial charge in [-0.15, -0.1) is 0 Å². The van der Waals surface area contributed by atoms with Crippen LogP contribution in [0.1, 0.15) is 43.7 Å². The summed E-state index contributed by atoms with van der Waals surface area (Å²) in [5.74, 6) is 0.693. The van der Waals surface area contributed by atoms with E-state index in [9.17, 15) is 8.42 Å². The van der Waals surface area contributed by atoms with E-state index in [0.717, 1.165) is 24.0 Å². The van der Waals surface area contributed by atoms with Gasteiger partial charge in [0, 0.05) is 17.1 Å². The number of benzene rings is 1. The van der Waals surface area contributed by atoms with Crippen molar-refractivity contribution in [3.05, 3.63) is 27.7 Å². The molecule has 1 aliphatic carbocycles. The second-order valence-corrected chi connectivity index (χ2v) is 8.31. The van der Waals surface area contributed by atoms with Gasteiger partial charge in [0.05, 0.1) is 4.90 Å². The maximum atomic E-state index is 12.7. The lowest BCUT2D eigenvalue weighted by Gasteiger charge is -2.18. The van der Waals surface area contributed by atoms with E-state index in [2.05, 4.69) is 20.7 Å². The third-order valence-corrected chi connectivity index (χ3v) is 6.80. The Bertz CT molecular complexity index is 612. The van der Waals surface area contributed by atoms with Crippen LogP contribution in [-0.2, 0) is 16.6 Å². The Morgan fingerprint density at radius 2 is 2.10 bits per heavy atom. The number of aryl methyl sites for hydroxylation is 1. The molecule has 0 bridgehead atoms. The first-order valence-corrected chi connectivity index (χ1v) is 9.66. The summed E-state index contributed by atoms with van der Waals surface area (Å²) in [6, 6.07) is 3.57. The summed E-state index contributed by atoms with van der Waals surface area (Å²) >= 11 is 3.39. The lowest BCUT2D eigenvalue weighted by molar-refractivity contribution is 0.495. The minimum Gasteiger partial charge on any atom is -0.326 e. The molecule has 1 unspecified atom stereocenters. The summed E-state index contributed by atoms with van der Waals surface area (Å²) in [4.78, 5) is 0.289. The zero-order chi connectivity index (χ0) is 15.6. The summed E-state index contributed by atoms with van der Waals surface area (Å²) in [5.41, 5.74) is 7.36. The second-order valence-electron chi connectivity index (χ2n) is 5.83. The van der Waals surface area contributed by atoms with Crippen molar-refractivity contribution in [1.29, 1.82) is 0 Å². The molecule has 1 atom stereocenters. The first-order chi connectivity index (χ1) is 9.87. The molecule has 0 saturated heterocycles. The van der Waals surface area contributed by atoms with Gasteiger partial charge in [-0.1, -0.05) is 25.8 Å². The fraction of sp³-hybridized carbons (Fsp3) is 0.600. The number of hydrogen-bond donors (Lipinski definition) is 2. The van der Waals surface area contributed by atoms with E-state index >= 15 is 0 Å². The molecule has 1 fully saturated rings. The van der Waals surface area contributed by atoms with Crippen molar-refractivity contribution in [3.8, 4) is 0 Å². The summed E-state index contributed by atoms with van der Waals surface area (Å²) in [7, 11) is -3.53. The van der Waals surface area contributed by atoms with Gasteiger partial charge < -0.3 is 5.73 Å². The molecule has 1 aromatic rings. The van der Waals surface area contributed by atoms with Gasteiger partial charge in [0.1, 0.15) is 0 Å². The first kappa shape index (κ1) is 16.9. The summed E-state index contributed by atoms with van der Waals surface area (Å²) in [6.07, 6.45) is 4.19. The highest BCUT2D eigenvalue weighted by Crippen LogP contribution is 2.35. The van der Waals surface area contributed by atoms with E-state index in [-0.39, 0.29) is 10.9 Å². The van der Waals surface area contributed by atoms with Gasteiger partial charge >= 0.3 is 0 Å². The van der Waals surface area contributed by atoms with Crippen LogP contribution in [0.25, 0.3) is 0 Å². The van der Waals surface area contributed by atoms with E-state index in [1.165, 1.54) is 12.8 Å². The Labute approximate surface area is 135 Å². The standard InChI is InChI=1S/C15H23BrN2O2S/c1-3-13(7-11-4-5-11)18-21(19,20)14-8-12(9-17)6-10(2)15(14)16/h6,8,11,13,18H,3-5,7,9,17H2,1-2H3. The highest BCUT2D eigenvalue weighted by Gasteiger charge is 2.28. The maximum absolute atomic E-state index is 12.7. The number of nitrogens with two attached hydrogens (primary N) is 1. The van der Waals surface area contributed by atoms with Crippen LogP contribution in [0.3, 0.4) is 0 Å². The summed E-state index contributed by atoms with van der Waals surface area (Å²) in [6.45, 7) is 4.23. The second kappa shape index (κ2) is 6.77. The number of hydrogen-bond acceptors (Lipinski definition) is 3. The zero-order valence-electron chi connectivity index (χ0n) is 12.5. The van der Waals surface area contributed by atoms with Crippen LogP contribution in [-0.4, -0.2) is 14.5 Å². The van der Waals surface area contributed by atoms with Gasteiger partial charge in [-0.25, -0.2) is 13.1 Å². The zero-order valence-corrected chi connectivity index (χ0v) is 14.9. The minimum atomic E-state index is -3.53. The molecule has 0 aliphatic heterocycles. The normalized spacial score (nSPS) is 17.0. The Kier molecular flexibility index (Phi) is 5.46. The quantitative estimate of drug-likeness (QED) is 0.769. The Morgan fingerprint density at radius 3 is 2.62 bits per heavy atom. The van der Waals surface area contributed by atoms with E-state index < -0.39 is 10.0 Å². The van der Waals surface area contributed by atoms with Gasteiger partial charge in [0.25, 0.3) is 0 Å². The molecule has 1 aliphatic rings. The smallest absolute Gasteiger partial charge is 0.241 e. The number of sulfonamides is 1. The average Bonchev–Trinajstić information content (AvgIpc) is 3.24. The van der Waals surface area contributed by atoms with E-state index in [1.54, 1.807) is 6.07 Å². The monoisotopic (exact) mass is 374 g/mol. The van der Waals surface area contributed by atoms with Crippen LogP contribution in [0.5, 0.6) is 0 Å². The average molecular weight is 375 g/mol. The highest BCUT2D eigenvalue weighted by atomic mass is 79.9. The fourth-order valence-corrected chi connectivity index (χ4v) is 4.86. The summed E-state index contributed by atoms with van der Waals surface area (Å²) < 4.78 is 28.8. The van der Waals surface area contributed by atoms with Crippen LogP contribution in [0.2, 0.25) is 0 Å². The van der Waals surface area contributed by atoms with Gasteiger partial charge in [0.2, 0.25) is 10.0 Å². The lowest BCUT2D eigenvalue weighted by atomic mass is 10.1. The largest absolute Gasteiger partial charge is 0.326 e. The van der Waals surface area contributed by atoms with E-state index in [1.807, 2.05) is 19.9 Å². The molecule has 4 nitrogen and oxygen atoms in total. The first-order valence-electron chi connectivity index (χ1n) is 7.38. The van der Waals surface area contributed by atoms with Crippen molar-refractivity contribution >= 4 is 26.0 Å². The molecular weight excluding hydrogens is 352 g/mol. The molecule has 21 heavy (non-hydrogen) atoms. The fourth-order valence-electron chi connectivity index (χ4n) is 2.46. The molecule has 0 spiro atoms. The molecule has 6 heteroatoms. The molecule has 2 rings (SSSR count). The van der Waals surface area contributed by atoms with Crippen LogP contribution >= 0.6 is 15.9 Å². The van der Waals surface area contributed by atoms with Crippen LogP contribution < -0.4 is 10.5 Å². The van der Waals surface area contributed by atoms with Crippen molar-refractivity contribution in [3.63, 3.8) is 0 Å². The number of halogens is 1. The van der Waals surface area contributed by atoms with E-state index in [4.69, 9.17) is 5.73 Å². The Hall–Kier alpha value is -0.430. The maximum Gasteiger partial charge on any atom is 0.241 e. The van der Waals surface area contributed by atoms with Crippen LogP contribution in [0.4, 0.5) is 0 Å². The molecular formula is C15H23BrN2O2S. The Morgan fingerprint density at radius 1 is 1.43 bits per heavy atom. The van der Waals surface area contributed by atoms with Gasteiger partial charge in [0.15, 0.2) is 0 Å². The van der Waals surface area contributed by atoms with Crippen molar-refractivity contribution < 1.29 is 8.42 Å². The molecule has 1 aromatic carbocycles. The number of rotatable bonds is 7. The molecule has 1 saturated carbocycles. The molecule has 0 radical (unpaired) electrons. The molecule has 0 amide bonds. The lowest BCUT2D eigenvalue weighted by Crippen LogP contribution is -2.35. The van der Waals surface area contributed by atoms with Crippen LogP contribution in [0.15, 0.2) is 21.5 Å². The predicted molar refractivity (Wildman–Crippen MR) is 88.5 cm³/mol. The van der Waals surface area contributed by atoms with Gasteiger partial charge in [-0.05, 0) is 58.8 Å². The topological polar surface area (TPSA) is 72.2 Å². The van der Waals surface area contributed by atoms with Crippen molar-refractivity contribution in [2.24, 2.45) is 11.7 Å². The van der Waals surface area contributed by atoms with Gasteiger partial charge in [-0.3, -0.25) is 0 Å². The van der Waals surface area contributed by atoms with Crippen LogP contribution in [0, 0.1) is 12.8 Å². The SMILES string of the molecule is CCC(CC1CC1)NS(=O)(=O)c1cc(CN)cc(C)c1Br. The molecule has 3 N–H and O–H groups in total. The third-order valence-electron chi connectivity index (χ3n) is 3.94. The van der Waals surface area contributed by atoms with Gasteiger partial charge in [-0.2, -0.15) is 0 Å². The highest BCUT2D eigenvalue weighted by molar-refractivity contribution is 9.10. The van der Waals surface area contributed by atoms with Crippen molar-refractivity contribution in [2.45, 2.75) is 57.0 Å². The Balaban J connectivity index is 2.27. The van der Waals surface area contributed by atoms with Crippen molar-refractivity contribution in [1.82, 2.24) is 4.72 Å². The molecule has 0 heterocycles. The minimum absolute atomic E-state index is 0.0104. The summed E-state index contributed by atoms with van der Waals surface area (Å²) in [5, 5.41) is 0. The number of nitrogens with one attached hydrogen (secondary N) is 1.